The second-order valence-electron chi connectivity index (χ2n) is 14.6. The number of non-ortho nitro benzene ring substituents is 1. The Morgan fingerprint density at radius 2 is 1.72 bits per heavy atom. The molecular formula is C38H39N7O10S2. The van der Waals surface area contributed by atoms with Crippen molar-refractivity contribution in [3.05, 3.63) is 118 Å². The van der Waals surface area contributed by atoms with Gasteiger partial charge >= 0.3 is 17.6 Å². The number of esters is 2. The molecule has 1 aliphatic heterocycles. The summed E-state index contributed by atoms with van der Waals surface area (Å²) >= 11 is 1.29. The molecule has 19 heteroatoms. The zero-order chi connectivity index (χ0) is 41.3. The SMILES string of the molecule is CC(C)(C)OC(=O)[C@H](Cc1ccc(-n2c(=O)n(CC(=O)Oc3ccc([N+](=O)[O-])cc3)c3cccnc32)cc1)NC(=O)[C@H]1N(S(=O)(=O)c2cccnc2)CSC1(C)C. The van der Waals surface area contributed by atoms with Crippen LogP contribution in [0.15, 0.2) is 101 Å². The van der Waals surface area contributed by atoms with Crippen LogP contribution in [0.2, 0.25) is 0 Å². The average Bonchev–Trinajstić information content (AvgIpc) is 3.63. The van der Waals surface area contributed by atoms with E-state index in [1.807, 2.05) is 0 Å². The highest BCUT2D eigenvalue weighted by molar-refractivity contribution is 8.02. The van der Waals surface area contributed by atoms with Crippen molar-refractivity contribution in [2.75, 3.05) is 5.88 Å². The van der Waals surface area contributed by atoms with Gasteiger partial charge in [-0.3, -0.25) is 24.5 Å². The summed E-state index contributed by atoms with van der Waals surface area (Å²) in [5.74, 6) is -2.13. The van der Waals surface area contributed by atoms with Crippen LogP contribution in [0.4, 0.5) is 5.69 Å². The Kier molecular flexibility index (Phi) is 11.4. The molecule has 3 aromatic heterocycles. The van der Waals surface area contributed by atoms with Crippen molar-refractivity contribution >= 4 is 56.5 Å². The van der Waals surface area contributed by atoms with Crippen molar-refractivity contribution < 1.29 is 37.2 Å². The number of hydrogen-bond donors (Lipinski definition) is 1. The van der Waals surface area contributed by atoms with Crippen molar-refractivity contribution in [3.8, 4) is 11.4 Å². The highest BCUT2D eigenvalue weighted by Gasteiger charge is 2.51. The molecule has 0 bridgehead atoms. The van der Waals surface area contributed by atoms with Gasteiger partial charge in [0.15, 0.2) is 5.65 Å². The number of thioether (sulfide) groups is 1. The molecule has 4 heterocycles. The summed E-state index contributed by atoms with van der Waals surface area (Å²) in [5, 5.41) is 13.7. The lowest BCUT2D eigenvalue weighted by Gasteiger charge is -2.32. The molecule has 0 unspecified atom stereocenters. The van der Waals surface area contributed by atoms with E-state index < -0.39 is 67.5 Å². The van der Waals surface area contributed by atoms with E-state index in [4.69, 9.17) is 9.47 Å². The second kappa shape index (κ2) is 15.9. The third kappa shape index (κ3) is 8.90. The number of sulfonamides is 1. The molecule has 6 rings (SSSR count). The number of nitro benzene ring substituents is 1. The summed E-state index contributed by atoms with van der Waals surface area (Å²) in [6.07, 6.45) is 4.12. The first kappa shape index (κ1) is 40.7. The van der Waals surface area contributed by atoms with Crippen molar-refractivity contribution in [2.24, 2.45) is 0 Å². The van der Waals surface area contributed by atoms with Crippen molar-refractivity contribution in [2.45, 2.75) is 74.9 Å². The molecule has 0 aliphatic carbocycles. The Labute approximate surface area is 331 Å². The van der Waals surface area contributed by atoms with E-state index in [9.17, 15) is 37.7 Å². The summed E-state index contributed by atoms with van der Waals surface area (Å²) in [4.78, 5) is 73.0. The van der Waals surface area contributed by atoms with Crippen LogP contribution < -0.4 is 15.7 Å². The molecule has 57 heavy (non-hydrogen) atoms. The van der Waals surface area contributed by atoms with Gasteiger partial charge in [0.1, 0.15) is 34.9 Å². The summed E-state index contributed by atoms with van der Waals surface area (Å²) < 4.78 is 41.1. The molecule has 1 N–H and O–H groups in total. The Hall–Kier alpha value is -5.92. The van der Waals surface area contributed by atoms with Gasteiger partial charge in [0, 0.05) is 41.9 Å². The molecule has 1 amide bonds. The highest BCUT2D eigenvalue weighted by atomic mass is 32.2. The lowest BCUT2D eigenvalue weighted by Crippen LogP contribution is -2.57. The third-order valence-electron chi connectivity index (χ3n) is 8.90. The first-order valence-electron chi connectivity index (χ1n) is 17.6. The molecule has 2 aromatic carbocycles. The number of pyridine rings is 2. The number of nitro groups is 1. The Bertz CT molecular complexity index is 2500. The average molecular weight is 818 g/mol. The summed E-state index contributed by atoms with van der Waals surface area (Å²) in [7, 11) is -4.13. The zero-order valence-electron chi connectivity index (χ0n) is 31.5. The number of nitrogens with one attached hydrogen (secondary N) is 1. The van der Waals surface area contributed by atoms with Gasteiger partial charge in [-0.05, 0) is 88.7 Å². The van der Waals surface area contributed by atoms with Gasteiger partial charge in [0.25, 0.3) is 5.69 Å². The van der Waals surface area contributed by atoms with E-state index in [2.05, 4.69) is 15.3 Å². The van der Waals surface area contributed by atoms with Gasteiger partial charge in [0.2, 0.25) is 15.9 Å². The van der Waals surface area contributed by atoms with E-state index in [-0.39, 0.29) is 34.3 Å². The number of imidazole rings is 1. The Morgan fingerprint density at radius 1 is 1.04 bits per heavy atom. The molecule has 1 aliphatic rings. The number of carbonyl (C=O) groups excluding carboxylic acids is 3. The quantitative estimate of drug-likeness (QED) is 0.0817. The smallest absolute Gasteiger partial charge is 0.335 e. The molecule has 298 valence electrons. The number of benzene rings is 2. The lowest BCUT2D eigenvalue weighted by atomic mass is 10.0. The van der Waals surface area contributed by atoms with Crippen LogP contribution in [-0.4, -0.2) is 82.9 Å². The van der Waals surface area contributed by atoms with E-state index in [0.717, 1.165) is 4.31 Å². The molecule has 0 saturated carbocycles. The van der Waals surface area contributed by atoms with E-state index in [0.29, 0.717) is 16.8 Å². The molecule has 0 radical (unpaired) electrons. The number of nitrogens with zero attached hydrogens (tertiary/aromatic N) is 6. The predicted octanol–water partition coefficient (Wildman–Crippen LogP) is 4.01. The van der Waals surface area contributed by atoms with Gasteiger partial charge < -0.3 is 14.8 Å². The van der Waals surface area contributed by atoms with Crippen LogP contribution in [0.25, 0.3) is 16.9 Å². The molecule has 1 saturated heterocycles. The molecule has 0 spiro atoms. The first-order valence-corrected chi connectivity index (χ1v) is 20.0. The summed E-state index contributed by atoms with van der Waals surface area (Å²) in [6, 6.07) is 15.2. The van der Waals surface area contributed by atoms with Gasteiger partial charge in [-0.2, -0.15) is 4.31 Å². The largest absolute Gasteiger partial charge is 0.458 e. The predicted molar refractivity (Wildman–Crippen MR) is 209 cm³/mol. The molecule has 5 aromatic rings. The summed E-state index contributed by atoms with van der Waals surface area (Å²) in [5.41, 5.74) is -0.129. The van der Waals surface area contributed by atoms with Crippen molar-refractivity contribution in [3.63, 3.8) is 0 Å². The van der Waals surface area contributed by atoms with Crippen LogP contribution in [0, 0.1) is 10.1 Å². The van der Waals surface area contributed by atoms with Crippen LogP contribution in [0.1, 0.15) is 40.2 Å². The van der Waals surface area contributed by atoms with Crippen LogP contribution in [0.3, 0.4) is 0 Å². The first-order chi connectivity index (χ1) is 26.9. The molecular weight excluding hydrogens is 779 g/mol. The number of aromatic nitrogens is 4. The maximum Gasteiger partial charge on any atom is 0.335 e. The fourth-order valence-electron chi connectivity index (χ4n) is 6.25. The molecule has 2 atom stereocenters. The van der Waals surface area contributed by atoms with Gasteiger partial charge in [-0.1, -0.05) is 12.1 Å². The monoisotopic (exact) mass is 817 g/mol. The Balaban J connectivity index is 1.25. The minimum atomic E-state index is -4.13. The standard InChI is InChI=1S/C38H39N7O10S2/c1-37(2,3)55-35(48)29(41-34(47)32-38(4,5)56-23-43(32)57(52,53)28-8-6-18-39-21-28)20-24-10-12-25(13-11-24)44-33-30(9-7-19-40-33)42(36(44)49)22-31(46)54-27-16-14-26(15-17-27)45(50)51/h6-19,21,29,32H,20,22-23H2,1-5H3,(H,41,47)/t29-,32+/m0/s1. The minimum Gasteiger partial charge on any atom is -0.458 e. The number of carbonyl (C=O) groups is 3. The van der Waals surface area contributed by atoms with E-state index in [1.165, 1.54) is 75.9 Å². The maximum atomic E-state index is 14.1. The van der Waals surface area contributed by atoms with Gasteiger partial charge in [-0.15, -0.1) is 11.8 Å². The maximum absolute atomic E-state index is 14.1. The molecule has 17 nitrogen and oxygen atoms in total. The van der Waals surface area contributed by atoms with E-state index in [1.54, 1.807) is 71.0 Å². The zero-order valence-corrected chi connectivity index (χ0v) is 33.2. The van der Waals surface area contributed by atoms with Crippen LogP contribution >= 0.6 is 11.8 Å². The topological polar surface area (TPSA) is 215 Å². The van der Waals surface area contributed by atoms with Gasteiger partial charge in [-0.25, -0.2) is 32.4 Å². The minimum absolute atomic E-state index is 0.00643. The summed E-state index contributed by atoms with van der Waals surface area (Å²) in [6.45, 7) is 8.10. The normalized spacial score (nSPS) is 16.2. The van der Waals surface area contributed by atoms with Crippen LogP contribution in [-0.2, 0) is 42.1 Å². The third-order valence-corrected chi connectivity index (χ3v) is 12.2. The number of hydrogen-bond acceptors (Lipinski definition) is 13. The number of amides is 1. The second-order valence-corrected chi connectivity index (χ2v) is 18.1. The van der Waals surface area contributed by atoms with Crippen molar-refractivity contribution in [1.29, 1.82) is 0 Å². The number of fused-ring (bicyclic) bond motifs is 1. The van der Waals surface area contributed by atoms with Gasteiger partial charge in [0.05, 0.1) is 22.0 Å². The fraction of sp³-hybridized carbons (Fsp3) is 0.316. The lowest BCUT2D eigenvalue weighted by molar-refractivity contribution is -0.384. The number of rotatable bonds is 12. The number of ether oxygens (including phenoxy) is 2. The molecule has 1 fully saturated rings. The fourth-order valence-corrected chi connectivity index (χ4v) is 9.39. The van der Waals surface area contributed by atoms with Crippen molar-refractivity contribution in [1.82, 2.24) is 28.7 Å². The Morgan fingerprint density at radius 3 is 2.35 bits per heavy atom. The van der Waals surface area contributed by atoms with Crippen LogP contribution in [0.5, 0.6) is 5.75 Å². The highest BCUT2D eigenvalue weighted by Crippen LogP contribution is 2.42. The van der Waals surface area contributed by atoms with E-state index >= 15 is 0 Å².